The number of nitrogens with zero attached hydrogens (tertiary/aromatic N) is 5. The topological polar surface area (TPSA) is 104 Å². The summed E-state index contributed by atoms with van der Waals surface area (Å²) < 4.78 is 57.4. The van der Waals surface area contributed by atoms with Crippen LogP contribution in [-0.2, 0) is 20.0 Å². The van der Waals surface area contributed by atoms with Crippen LogP contribution < -0.4 is 9.21 Å². The Bertz CT molecular complexity index is 1720. The van der Waals surface area contributed by atoms with Gasteiger partial charge in [0.2, 0.25) is 10.0 Å². The van der Waals surface area contributed by atoms with Crippen molar-refractivity contribution in [2.75, 3.05) is 29.0 Å². The predicted molar refractivity (Wildman–Crippen MR) is 145 cm³/mol. The number of hydrogen-bond acceptors (Lipinski definition) is 7. The molecule has 1 aromatic heterocycles. The largest absolute Gasteiger partial charge is 0.304 e. The minimum absolute atomic E-state index is 0.0999. The lowest BCUT2D eigenvalue weighted by Crippen LogP contribution is -2.34. The molecule has 12 heteroatoms. The van der Waals surface area contributed by atoms with E-state index in [1.54, 1.807) is 53.4 Å². The summed E-state index contributed by atoms with van der Waals surface area (Å²) in [5, 5.41) is 0. The van der Waals surface area contributed by atoms with Crippen molar-refractivity contribution in [3.8, 4) is 0 Å². The summed E-state index contributed by atoms with van der Waals surface area (Å²) in [7, 11) is -7.65. The summed E-state index contributed by atoms with van der Waals surface area (Å²) in [6, 6.07) is 20.2. The number of para-hydroxylation sites is 2. The predicted octanol–water partition coefficient (Wildman–Crippen LogP) is 4.48. The van der Waals surface area contributed by atoms with E-state index in [1.165, 1.54) is 20.7 Å². The smallest absolute Gasteiger partial charge is 0.267 e. The van der Waals surface area contributed by atoms with Gasteiger partial charge in [-0.2, -0.15) is 4.31 Å². The molecule has 0 bridgehead atoms. The van der Waals surface area contributed by atoms with Crippen molar-refractivity contribution in [2.45, 2.75) is 22.6 Å². The van der Waals surface area contributed by atoms with Gasteiger partial charge < -0.3 is 4.90 Å². The van der Waals surface area contributed by atoms with E-state index in [0.29, 0.717) is 35.6 Å². The van der Waals surface area contributed by atoms with E-state index >= 15 is 0 Å². The van der Waals surface area contributed by atoms with Crippen molar-refractivity contribution >= 4 is 64.3 Å². The van der Waals surface area contributed by atoms with Crippen molar-refractivity contribution in [3.63, 3.8) is 0 Å². The van der Waals surface area contributed by atoms with Crippen LogP contribution in [0.4, 0.5) is 17.3 Å². The molecule has 0 unspecified atom stereocenters. The van der Waals surface area contributed by atoms with Crippen molar-refractivity contribution in [1.82, 2.24) is 14.3 Å². The summed E-state index contributed by atoms with van der Waals surface area (Å²) in [5.74, 6) is 0.532. The van der Waals surface area contributed by atoms with Crippen LogP contribution in [0.25, 0.3) is 11.0 Å². The molecule has 0 radical (unpaired) electrons. The zero-order chi connectivity index (χ0) is 25.8. The number of rotatable bonds is 5. The normalized spacial score (nSPS) is 16.5. The fourth-order valence-electron chi connectivity index (χ4n) is 4.61. The monoisotopic (exact) mass is 599 g/mol. The summed E-state index contributed by atoms with van der Waals surface area (Å²) in [6.45, 7) is 0.892. The first kappa shape index (κ1) is 24.3. The molecule has 0 aliphatic carbocycles. The van der Waals surface area contributed by atoms with Gasteiger partial charge in [0.15, 0.2) is 11.6 Å². The number of fused-ring (bicyclic) bond motifs is 2. The molecule has 2 aliphatic rings. The molecule has 2 aliphatic heterocycles. The SMILES string of the molecule is O=S(=O)(c1cccc(N2CN(S(=O)(=O)c3ccc(Br)cc3)c3nc4ccccc4nc32)c1)N1CCCC1. The lowest BCUT2D eigenvalue weighted by Gasteiger charge is -2.22. The molecule has 9 nitrogen and oxygen atoms in total. The van der Waals surface area contributed by atoms with E-state index < -0.39 is 20.0 Å². The zero-order valence-corrected chi connectivity index (χ0v) is 22.7. The third-order valence-corrected chi connectivity index (χ3v) is 10.7. The molecule has 0 saturated carbocycles. The van der Waals surface area contributed by atoms with E-state index in [2.05, 4.69) is 20.9 Å². The summed E-state index contributed by atoms with van der Waals surface area (Å²) in [6.07, 6.45) is 1.67. The average Bonchev–Trinajstić information content (AvgIpc) is 3.57. The van der Waals surface area contributed by atoms with Gasteiger partial charge in [-0.05, 0) is 67.4 Å². The maximum atomic E-state index is 13.7. The van der Waals surface area contributed by atoms with E-state index in [-0.39, 0.29) is 22.3 Å². The van der Waals surface area contributed by atoms with Gasteiger partial charge in [0.1, 0.15) is 6.67 Å². The zero-order valence-electron chi connectivity index (χ0n) is 19.5. The lowest BCUT2D eigenvalue weighted by atomic mass is 10.3. The van der Waals surface area contributed by atoms with E-state index in [0.717, 1.165) is 17.3 Å². The summed E-state index contributed by atoms with van der Waals surface area (Å²) >= 11 is 3.34. The highest BCUT2D eigenvalue weighted by atomic mass is 79.9. The number of halogens is 1. The highest BCUT2D eigenvalue weighted by molar-refractivity contribution is 9.10. The maximum Gasteiger partial charge on any atom is 0.267 e. The van der Waals surface area contributed by atoms with E-state index in [4.69, 9.17) is 4.98 Å². The second kappa shape index (κ2) is 9.05. The molecule has 6 rings (SSSR count). The third kappa shape index (κ3) is 4.17. The van der Waals surface area contributed by atoms with Crippen LogP contribution in [0.3, 0.4) is 0 Å². The van der Waals surface area contributed by atoms with Gasteiger partial charge in [0.05, 0.1) is 20.8 Å². The number of hydrogen-bond donors (Lipinski definition) is 0. The van der Waals surface area contributed by atoms with Crippen LogP contribution >= 0.6 is 15.9 Å². The second-order valence-electron chi connectivity index (χ2n) is 8.85. The fourth-order valence-corrected chi connectivity index (χ4v) is 7.78. The molecule has 0 amide bonds. The first-order valence-corrected chi connectivity index (χ1v) is 15.4. The van der Waals surface area contributed by atoms with E-state index in [1.807, 2.05) is 12.1 Å². The maximum absolute atomic E-state index is 13.7. The standard InChI is InChI=1S/C25H22BrN5O4S2/c26-18-10-12-20(13-11-18)37(34,35)31-17-30(24-25(31)28-23-9-2-1-8-22(23)27-24)19-6-5-7-21(16-19)36(32,33)29-14-3-4-15-29/h1-2,5-13,16H,3-4,14-15,17H2. The summed E-state index contributed by atoms with van der Waals surface area (Å²) in [5.41, 5.74) is 1.68. The Hall–Kier alpha value is -3.06. The number of aromatic nitrogens is 2. The molecule has 0 N–H and O–H groups in total. The Morgan fingerprint density at radius 3 is 2.03 bits per heavy atom. The van der Waals surface area contributed by atoms with Gasteiger partial charge in [-0.1, -0.05) is 34.1 Å². The first-order chi connectivity index (χ1) is 17.7. The van der Waals surface area contributed by atoms with Gasteiger partial charge in [-0.3, -0.25) is 0 Å². The molecule has 190 valence electrons. The van der Waals surface area contributed by atoms with Crippen molar-refractivity contribution in [1.29, 1.82) is 0 Å². The molecule has 4 aromatic rings. The fraction of sp³-hybridized carbons (Fsp3) is 0.200. The van der Waals surface area contributed by atoms with Gasteiger partial charge in [0.25, 0.3) is 10.0 Å². The third-order valence-electron chi connectivity index (χ3n) is 6.53. The van der Waals surface area contributed by atoms with Gasteiger partial charge >= 0.3 is 0 Å². The number of anilines is 3. The minimum atomic E-state index is -3.99. The Kier molecular flexibility index (Phi) is 5.94. The molecular formula is C25H22BrN5O4S2. The Morgan fingerprint density at radius 1 is 0.703 bits per heavy atom. The van der Waals surface area contributed by atoms with Crippen LogP contribution in [0.5, 0.6) is 0 Å². The Labute approximate surface area is 223 Å². The molecule has 37 heavy (non-hydrogen) atoms. The quantitative estimate of drug-likeness (QED) is 0.333. The average molecular weight is 601 g/mol. The van der Waals surface area contributed by atoms with Crippen molar-refractivity contribution < 1.29 is 16.8 Å². The van der Waals surface area contributed by atoms with Crippen LogP contribution in [0.15, 0.2) is 87.1 Å². The highest BCUT2D eigenvalue weighted by Crippen LogP contribution is 2.42. The molecular weight excluding hydrogens is 578 g/mol. The van der Waals surface area contributed by atoms with E-state index in [9.17, 15) is 16.8 Å². The van der Waals surface area contributed by atoms with Crippen LogP contribution in [0.1, 0.15) is 12.8 Å². The second-order valence-corrected chi connectivity index (χ2v) is 13.6. The van der Waals surface area contributed by atoms with Crippen LogP contribution in [-0.4, -0.2) is 50.9 Å². The Morgan fingerprint density at radius 2 is 1.35 bits per heavy atom. The molecule has 0 atom stereocenters. The van der Waals surface area contributed by atoms with Gasteiger partial charge in [-0.15, -0.1) is 0 Å². The lowest BCUT2D eigenvalue weighted by molar-refractivity contribution is 0.477. The molecule has 1 saturated heterocycles. The first-order valence-electron chi connectivity index (χ1n) is 11.7. The molecule has 3 heterocycles. The van der Waals surface area contributed by atoms with Crippen molar-refractivity contribution in [3.05, 3.63) is 77.3 Å². The van der Waals surface area contributed by atoms with Crippen LogP contribution in [0.2, 0.25) is 0 Å². The molecule has 1 fully saturated rings. The van der Waals surface area contributed by atoms with Gasteiger partial charge in [0, 0.05) is 23.2 Å². The minimum Gasteiger partial charge on any atom is -0.304 e. The number of benzene rings is 3. The highest BCUT2D eigenvalue weighted by Gasteiger charge is 2.39. The van der Waals surface area contributed by atoms with Gasteiger partial charge in [-0.25, -0.2) is 31.1 Å². The molecule has 3 aromatic carbocycles. The van der Waals surface area contributed by atoms with Crippen LogP contribution in [0, 0.1) is 0 Å². The molecule has 0 spiro atoms. The number of sulfonamides is 2. The Balaban J connectivity index is 1.48. The summed E-state index contributed by atoms with van der Waals surface area (Å²) in [4.78, 5) is 11.4. The van der Waals surface area contributed by atoms with Crippen molar-refractivity contribution in [2.24, 2.45) is 0 Å².